The number of aromatic hydroxyl groups is 2. The molecular formula is C35H31O15+. The summed E-state index contributed by atoms with van der Waals surface area (Å²) in [7, 11) is 2.59. The van der Waals surface area contributed by atoms with E-state index in [4.69, 9.17) is 27.8 Å². The first-order valence-corrected chi connectivity index (χ1v) is 15.0. The van der Waals surface area contributed by atoms with Crippen LogP contribution in [0.4, 0.5) is 0 Å². The quantitative estimate of drug-likeness (QED) is 0.0740. The Hall–Kier alpha value is -5.87. The van der Waals surface area contributed by atoms with E-state index in [1.54, 1.807) is 12.1 Å². The van der Waals surface area contributed by atoms with E-state index < -0.39 is 54.8 Å². The lowest BCUT2D eigenvalue weighted by Gasteiger charge is -2.41. The molecular weight excluding hydrogens is 660 g/mol. The fourth-order valence-corrected chi connectivity index (χ4v) is 5.77. The summed E-state index contributed by atoms with van der Waals surface area (Å²) in [6.07, 6.45) is -5.95. The van der Waals surface area contributed by atoms with Gasteiger partial charge in [-0.1, -0.05) is 12.1 Å². The van der Waals surface area contributed by atoms with Crippen molar-refractivity contribution in [1.29, 1.82) is 0 Å². The van der Waals surface area contributed by atoms with Gasteiger partial charge in [0.05, 0.1) is 31.7 Å². The van der Waals surface area contributed by atoms with Gasteiger partial charge in [0.25, 0.3) is 0 Å². The minimum absolute atomic E-state index is 0.0113. The first-order chi connectivity index (χ1) is 23.9. The van der Waals surface area contributed by atoms with Gasteiger partial charge in [-0.25, -0.2) is 9.59 Å². The van der Waals surface area contributed by atoms with Gasteiger partial charge in [-0.3, -0.25) is 4.79 Å². The molecule has 0 unspecified atom stereocenters. The van der Waals surface area contributed by atoms with Crippen LogP contribution in [0.25, 0.3) is 39.3 Å². The lowest BCUT2D eigenvalue weighted by atomic mass is 9.87. The maximum absolute atomic E-state index is 12.6. The molecule has 3 heterocycles. The minimum Gasteiger partial charge on any atom is -0.508 e. The van der Waals surface area contributed by atoms with Crippen LogP contribution in [0.15, 0.2) is 69.5 Å². The van der Waals surface area contributed by atoms with Crippen LogP contribution in [0.2, 0.25) is 0 Å². The molecule has 1 saturated heterocycles. The summed E-state index contributed by atoms with van der Waals surface area (Å²) in [5, 5.41) is 63.5. The zero-order valence-corrected chi connectivity index (χ0v) is 26.3. The van der Waals surface area contributed by atoms with E-state index in [0.717, 1.165) is 18.2 Å². The number of rotatable bonds is 9. The Labute approximate surface area is 281 Å². The second kappa shape index (κ2) is 13.6. The maximum atomic E-state index is 12.6. The molecule has 0 aliphatic carbocycles. The number of phenolic OH excluding ortho intramolecular Hbond substituents is 2. The Balaban J connectivity index is 1.49. The molecule has 15 nitrogen and oxygen atoms in total. The molecule has 6 rings (SSSR count). The van der Waals surface area contributed by atoms with Crippen molar-refractivity contribution in [2.75, 3.05) is 20.8 Å². The molecule has 0 saturated carbocycles. The molecule has 1 aliphatic heterocycles. The molecule has 1 aliphatic rings. The fourth-order valence-electron chi connectivity index (χ4n) is 5.77. The molecule has 0 radical (unpaired) electrons. The first-order valence-electron chi connectivity index (χ1n) is 15.0. The van der Waals surface area contributed by atoms with E-state index in [9.17, 15) is 45.0 Å². The molecule has 0 spiro atoms. The number of aliphatic hydroxyl groups excluding tert-OH is 3. The number of hydrogen-bond acceptors (Lipinski definition) is 13. The molecule has 1 fully saturated rings. The highest BCUT2D eigenvalue weighted by molar-refractivity contribution is 6.09. The third-order valence-electron chi connectivity index (χ3n) is 8.21. The van der Waals surface area contributed by atoms with Gasteiger partial charge in [0, 0.05) is 22.6 Å². The van der Waals surface area contributed by atoms with Gasteiger partial charge >= 0.3 is 17.4 Å². The number of hydrogen-bond donors (Lipinski definition) is 6. The third-order valence-corrected chi connectivity index (χ3v) is 8.21. The Morgan fingerprint density at radius 1 is 0.880 bits per heavy atom. The number of ether oxygens (including phenoxy) is 4. The van der Waals surface area contributed by atoms with Crippen molar-refractivity contribution in [2.24, 2.45) is 0 Å². The normalized spacial score (nSPS) is 20.7. The number of carbonyl (C=O) groups excluding carboxylic acids is 1. The number of carbonyl (C=O) groups is 2. The van der Waals surface area contributed by atoms with Crippen molar-refractivity contribution in [2.45, 2.75) is 30.5 Å². The standard InChI is InChI=1S/C35H30O15/c1-45-22-9-16(10-23(46-2)29(22)39)33-28(19-13-24(35(43)44)48-20-11-18(37)12-21(49-33)27(19)20)34-32(42)31(41)30(40)25(50-34)14-47-26(38)8-5-15-3-6-17(36)7-4-15/h3-13,25,30-32,34,36,39-42H,14H2,1-2H3,(H,43,44)/p+1/t25-,30-,31+,32-,34+/m1/s1. The monoisotopic (exact) mass is 691 g/mol. The van der Waals surface area contributed by atoms with Gasteiger partial charge in [-0.15, -0.1) is 0 Å². The highest BCUT2D eigenvalue weighted by Crippen LogP contribution is 2.47. The number of carboxylic acids is 1. The van der Waals surface area contributed by atoms with Crippen LogP contribution >= 0.6 is 0 Å². The van der Waals surface area contributed by atoms with Crippen LogP contribution in [0.3, 0.4) is 0 Å². The predicted molar refractivity (Wildman–Crippen MR) is 172 cm³/mol. The molecule has 7 N–H and O–H groups in total. The van der Waals surface area contributed by atoms with Crippen LogP contribution in [-0.2, 0) is 14.3 Å². The van der Waals surface area contributed by atoms with E-state index in [0.29, 0.717) is 5.56 Å². The zero-order valence-electron chi connectivity index (χ0n) is 26.3. The molecule has 0 amide bonds. The summed E-state index contributed by atoms with van der Waals surface area (Å²) < 4.78 is 33.9. The van der Waals surface area contributed by atoms with E-state index in [-0.39, 0.29) is 67.3 Å². The van der Waals surface area contributed by atoms with Crippen LogP contribution in [-0.4, -0.2) is 92.6 Å². The number of aliphatic hydroxyl groups is 3. The average Bonchev–Trinajstić information content (AvgIpc) is 3.10. The minimum atomic E-state index is -1.87. The lowest BCUT2D eigenvalue weighted by molar-refractivity contribution is -0.233. The Bertz CT molecular complexity index is 2150. The summed E-state index contributed by atoms with van der Waals surface area (Å²) in [6.45, 7) is -0.588. The summed E-state index contributed by atoms with van der Waals surface area (Å²) in [5.74, 6) is -3.40. The summed E-state index contributed by atoms with van der Waals surface area (Å²) in [4.78, 5) is 35.2. The fraction of sp³-hybridized carbons (Fsp3) is 0.229. The van der Waals surface area contributed by atoms with Crippen molar-refractivity contribution < 1.29 is 72.8 Å². The molecule has 5 aromatic rings. The smallest absolute Gasteiger partial charge is 0.371 e. The van der Waals surface area contributed by atoms with Crippen LogP contribution in [0.1, 0.15) is 27.8 Å². The van der Waals surface area contributed by atoms with E-state index >= 15 is 0 Å². The second-order valence-electron chi connectivity index (χ2n) is 11.3. The van der Waals surface area contributed by atoms with Gasteiger partial charge in [0.1, 0.15) is 59.8 Å². The van der Waals surface area contributed by atoms with Crippen molar-refractivity contribution in [1.82, 2.24) is 0 Å². The van der Waals surface area contributed by atoms with E-state index in [1.807, 2.05) is 0 Å². The van der Waals surface area contributed by atoms with Gasteiger partial charge in [-0.2, -0.15) is 0 Å². The van der Waals surface area contributed by atoms with Gasteiger partial charge in [0.15, 0.2) is 11.5 Å². The highest BCUT2D eigenvalue weighted by Gasteiger charge is 2.47. The van der Waals surface area contributed by atoms with Gasteiger partial charge in [-0.05, 0) is 42.0 Å². The van der Waals surface area contributed by atoms with Gasteiger partial charge < -0.3 is 58.4 Å². The molecule has 3 aromatic carbocycles. The van der Waals surface area contributed by atoms with E-state index in [2.05, 4.69) is 0 Å². The molecule has 260 valence electrons. The predicted octanol–water partition coefficient (Wildman–Crippen LogP) is 2.76. The average molecular weight is 692 g/mol. The van der Waals surface area contributed by atoms with Crippen molar-refractivity contribution >= 4 is 40.0 Å². The molecule has 0 bridgehead atoms. The SMILES string of the molecule is COc1cc(-c2oc3cc(=[OH+])cc4oc(C(=O)O)cc(c2[C@@H]2O[C@H](COC(=O)C=Cc5ccc(O)cc5)[C@@H](O)[C@H](O)[C@H]2O)c43)cc(OC)c1O. The summed E-state index contributed by atoms with van der Waals surface area (Å²) >= 11 is 0. The topological polar surface area (TPSA) is 240 Å². The second-order valence-corrected chi connectivity index (χ2v) is 11.3. The molecule has 5 atom stereocenters. The Morgan fingerprint density at radius 3 is 2.14 bits per heavy atom. The molecule has 2 aromatic heterocycles. The number of aromatic carboxylic acids is 1. The van der Waals surface area contributed by atoms with Crippen LogP contribution < -0.4 is 14.9 Å². The molecule has 15 heteroatoms. The number of carboxylic acid groups (broad SMARTS) is 1. The number of methoxy groups -OCH3 is 2. The number of benzene rings is 3. The lowest BCUT2D eigenvalue weighted by Crippen LogP contribution is -2.55. The Kier molecular flexibility index (Phi) is 9.22. The first kappa shape index (κ1) is 34.0. The van der Waals surface area contributed by atoms with Crippen molar-refractivity contribution in [3.8, 4) is 34.3 Å². The van der Waals surface area contributed by atoms with Crippen LogP contribution in [0, 0.1) is 0 Å². The zero-order chi connectivity index (χ0) is 35.9. The third kappa shape index (κ3) is 6.33. The number of esters is 1. The largest absolute Gasteiger partial charge is 0.508 e. The Morgan fingerprint density at radius 2 is 1.52 bits per heavy atom. The van der Waals surface area contributed by atoms with Crippen molar-refractivity contribution in [3.05, 3.63) is 83.0 Å². The van der Waals surface area contributed by atoms with Gasteiger partial charge in [0.2, 0.25) is 11.5 Å². The van der Waals surface area contributed by atoms with E-state index in [1.165, 1.54) is 50.6 Å². The highest BCUT2D eigenvalue weighted by atomic mass is 16.6. The van der Waals surface area contributed by atoms with Crippen LogP contribution in [0.5, 0.6) is 23.0 Å². The molecule has 50 heavy (non-hydrogen) atoms. The summed E-state index contributed by atoms with van der Waals surface area (Å²) in [6, 6.07) is 12.3. The maximum Gasteiger partial charge on any atom is 0.371 e. The summed E-state index contributed by atoms with van der Waals surface area (Å²) in [5.41, 5.74) is 0.277. The van der Waals surface area contributed by atoms with Crippen molar-refractivity contribution in [3.63, 3.8) is 0 Å². The number of phenols is 2.